The molecule has 0 aromatic heterocycles. The predicted octanol–water partition coefficient (Wildman–Crippen LogP) is 1.18. The maximum Gasteiger partial charge on any atom is 0.407 e. The van der Waals surface area contributed by atoms with Gasteiger partial charge in [0.15, 0.2) is 5.54 Å². The number of alkyl carbamates (subject to hydrolysis) is 1. The first-order valence-corrected chi connectivity index (χ1v) is 7.10. The number of hydrogen-bond acceptors (Lipinski definition) is 6. The van der Waals surface area contributed by atoms with E-state index in [1.165, 1.54) is 0 Å². The van der Waals surface area contributed by atoms with Crippen LogP contribution in [0.15, 0.2) is 4.99 Å². The molecule has 0 spiro atoms. The number of nitrogens with zero attached hydrogens (tertiary/aromatic N) is 2. The molecule has 0 bridgehead atoms. The van der Waals surface area contributed by atoms with Gasteiger partial charge in [-0.3, -0.25) is 4.99 Å². The van der Waals surface area contributed by atoms with E-state index in [0.717, 1.165) is 0 Å². The van der Waals surface area contributed by atoms with Crippen LogP contribution in [0, 0.1) is 0 Å². The Morgan fingerprint density at radius 1 is 1.43 bits per heavy atom. The highest BCUT2D eigenvalue weighted by Crippen LogP contribution is 2.19. The van der Waals surface area contributed by atoms with Gasteiger partial charge in [0.25, 0.3) is 0 Å². The number of esters is 1. The number of ether oxygens (including phenoxy) is 2. The van der Waals surface area contributed by atoms with E-state index < -0.39 is 17.2 Å². The van der Waals surface area contributed by atoms with Gasteiger partial charge in [0.2, 0.25) is 0 Å². The number of amides is 1. The van der Waals surface area contributed by atoms with Gasteiger partial charge in [-0.1, -0.05) is 0 Å². The summed E-state index contributed by atoms with van der Waals surface area (Å²) in [7, 11) is 0. The van der Waals surface area contributed by atoms with Gasteiger partial charge in [0.05, 0.1) is 19.5 Å². The molecule has 120 valence electrons. The fourth-order valence-electron chi connectivity index (χ4n) is 1.84. The van der Waals surface area contributed by atoms with Crippen LogP contribution >= 0.6 is 0 Å². The first-order valence-electron chi connectivity index (χ1n) is 7.10. The molecule has 1 atom stereocenters. The number of nitrogens with one attached hydrogen (secondary N) is 1. The number of carbonyl (C=O) groups is 2. The third-order valence-corrected chi connectivity index (χ3v) is 2.80. The van der Waals surface area contributed by atoms with E-state index in [2.05, 4.69) is 10.3 Å². The van der Waals surface area contributed by atoms with Gasteiger partial charge >= 0.3 is 12.1 Å². The highest BCUT2D eigenvalue weighted by molar-refractivity contribution is 5.84. The summed E-state index contributed by atoms with van der Waals surface area (Å²) in [5.74, 6) is -0.330. The normalized spacial score (nSPS) is 21.3. The second kappa shape index (κ2) is 6.78. The first kappa shape index (κ1) is 17.3. The molecule has 0 saturated heterocycles. The lowest BCUT2D eigenvalue weighted by molar-refractivity contribution is -0.148. The van der Waals surface area contributed by atoms with Crippen LogP contribution in [-0.4, -0.2) is 60.7 Å². The Bertz CT molecular complexity index is 417. The van der Waals surface area contributed by atoms with Gasteiger partial charge in [-0.2, -0.15) is 0 Å². The van der Waals surface area contributed by atoms with E-state index in [1.54, 1.807) is 20.2 Å². The molecule has 1 N–H and O–H groups in total. The summed E-state index contributed by atoms with van der Waals surface area (Å²) in [6.45, 7) is 10.7. The summed E-state index contributed by atoms with van der Waals surface area (Å²) < 4.78 is 10.1. The van der Waals surface area contributed by atoms with E-state index in [-0.39, 0.29) is 5.97 Å². The molecule has 0 aromatic carbocycles. The maximum absolute atomic E-state index is 11.8. The van der Waals surface area contributed by atoms with Crippen LogP contribution in [0.3, 0.4) is 0 Å². The average molecular weight is 299 g/mol. The molecular weight excluding hydrogens is 274 g/mol. The largest absolute Gasteiger partial charge is 0.464 e. The minimum absolute atomic E-state index is 0.330. The summed E-state index contributed by atoms with van der Waals surface area (Å²) in [6.07, 6.45) is 1.17. The van der Waals surface area contributed by atoms with Crippen molar-refractivity contribution >= 4 is 18.4 Å². The minimum Gasteiger partial charge on any atom is -0.464 e. The van der Waals surface area contributed by atoms with E-state index in [1.807, 2.05) is 25.7 Å². The lowest BCUT2D eigenvalue weighted by atomic mass is 10.1. The molecule has 0 aliphatic carbocycles. The van der Waals surface area contributed by atoms with Crippen LogP contribution in [0.5, 0.6) is 0 Å². The van der Waals surface area contributed by atoms with Crippen molar-refractivity contribution in [2.45, 2.75) is 45.8 Å². The van der Waals surface area contributed by atoms with Crippen molar-refractivity contribution in [1.82, 2.24) is 10.2 Å². The lowest BCUT2D eigenvalue weighted by Gasteiger charge is -2.23. The molecule has 0 fully saturated rings. The Morgan fingerprint density at radius 3 is 2.67 bits per heavy atom. The zero-order valence-corrected chi connectivity index (χ0v) is 13.4. The number of hydrogen-bond donors (Lipinski definition) is 1. The highest BCUT2D eigenvalue weighted by Gasteiger charge is 2.39. The van der Waals surface area contributed by atoms with Crippen LogP contribution in [0.25, 0.3) is 0 Å². The van der Waals surface area contributed by atoms with Gasteiger partial charge < -0.3 is 19.7 Å². The molecule has 1 aliphatic heterocycles. The van der Waals surface area contributed by atoms with E-state index in [9.17, 15) is 9.59 Å². The van der Waals surface area contributed by atoms with Crippen molar-refractivity contribution < 1.29 is 19.1 Å². The summed E-state index contributed by atoms with van der Waals surface area (Å²) in [5, 5.41) is 2.67. The fraction of sp³-hybridized carbons (Fsp3) is 0.786. The monoisotopic (exact) mass is 299 g/mol. The summed E-state index contributed by atoms with van der Waals surface area (Å²) in [6, 6.07) is 0. The van der Waals surface area contributed by atoms with E-state index in [4.69, 9.17) is 9.47 Å². The molecule has 1 amide bonds. The average Bonchev–Trinajstić information content (AvgIpc) is 2.70. The summed E-state index contributed by atoms with van der Waals surface area (Å²) in [4.78, 5) is 29.4. The second-order valence-corrected chi connectivity index (χ2v) is 6.14. The molecule has 1 aliphatic rings. The highest BCUT2D eigenvalue weighted by atomic mass is 16.6. The molecule has 1 unspecified atom stereocenters. The van der Waals surface area contributed by atoms with Crippen molar-refractivity contribution in [2.75, 3.05) is 26.2 Å². The molecular formula is C14H25N3O4. The quantitative estimate of drug-likeness (QED) is 0.771. The molecule has 1 heterocycles. The summed E-state index contributed by atoms with van der Waals surface area (Å²) >= 11 is 0. The Balaban J connectivity index is 2.32. The predicted molar refractivity (Wildman–Crippen MR) is 79.3 cm³/mol. The standard InChI is InChI=1S/C14H25N3O4/c1-6-20-11(18)14(5)9-17(10-16-14)8-7-15-12(19)21-13(2,3)4/h10H,6-9H2,1-5H3,(H,15,19). The third kappa shape index (κ3) is 5.61. The minimum atomic E-state index is -0.859. The molecule has 0 saturated carbocycles. The van der Waals surface area contributed by atoms with Crippen molar-refractivity contribution in [3.05, 3.63) is 0 Å². The van der Waals surface area contributed by atoms with Crippen molar-refractivity contribution in [2.24, 2.45) is 4.99 Å². The Kier molecular flexibility index (Phi) is 5.57. The third-order valence-electron chi connectivity index (χ3n) is 2.80. The topological polar surface area (TPSA) is 80.2 Å². The van der Waals surface area contributed by atoms with Crippen molar-refractivity contribution in [3.63, 3.8) is 0 Å². The maximum atomic E-state index is 11.8. The molecule has 21 heavy (non-hydrogen) atoms. The SMILES string of the molecule is CCOC(=O)C1(C)CN(CCNC(=O)OC(C)(C)C)C=N1. The first-order chi connectivity index (χ1) is 9.66. The Labute approximate surface area is 125 Å². The fourth-order valence-corrected chi connectivity index (χ4v) is 1.84. The van der Waals surface area contributed by atoms with Gasteiger partial charge in [0, 0.05) is 13.1 Å². The van der Waals surface area contributed by atoms with Gasteiger partial charge in [0.1, 0.15) is 5.60 Å². The molecule has 7 nitrogen and oxygen atoms in total. The Morgan fingerprint density at radius 2 is 2.10 bits per heavy atom. The smallest absolute Gasteiger partial charge is 0.407 e. The van der Waals surface area contributed by atoms with Gasteiger partial charge in [-0.25, -0.2) is 9.59 Å². The van der Waals surface area contributed by atoms with Crippen LogP contribution < -0.4 is 5.32 Å². The number of carbonyl (C=O) groups excluding carboxylic acids is 2. The molecule has 0 aromatic rings. The van der Waals surface area contributed by atoms with E-state index in [0.29, 0.717) is 26.2 Å². The Hall–Kier alpha value is -1.79. The van der Waals surface area contributed by atoms with Crippen molar-refractivity contribution in [1.29, 1.82) is 0 Å². The molecule has 0 radical (unpaired) electrons. The zero-order chi connectivity index (χ0) is 16.1. The van der Waals surface area contributed by atoms with Gasteiger partial charge in [-0.15, -0.1) is 0 Å². The summed E-state index contributed by atoms with van der Waals surface area (Å²) in [5.41, 5.74) is -1.37. The van der Waals surface area contributed by atoms with E-state index >= 15 is 0 Å². The molecule has 1 rings (SSSR count). The molecule has 7 heteroatoms. The van der Waals surface area contributed by atoms with Crippen molar-refractivity contribution in [3.8, 4) is 0 Å². The van der Waals surface area contributed by atoms with Gasteiger partial charge in [-0.05, 0) is 34.6 Å². The number of aliphatic imine (C=N–C) groups is 1. The van der Waals surface area contributed by atoms with Crippen LogP contribution in [0.1, 0.15) is 34.6 Å². The van der Waals surface area contributed by atoms with Crippen LogP contribution in [0.2, 0.25) is 0 Å². The number of rotatable bonds is 5. The van der Waals surface area contributed by atoms with Crippen LogP contribution in [-0.2, 0) is 14.3 Å². The lowest BCUT2D eigenvalue weighted by Crippen LogP contribution is -2.43. The zero-order valence-electron chi connectivity index (χ0n) is 13.4. The van der Waals surface area contributed by atoms with Crippen LogP contribution in [0.4, 0.5) is 4.79 Å². The second-order valence-electron chi connectivity index (χ2n) is 6.14.